The predicted octanol–water partition coefficient (Wildman–Crippen LogP) is 7.71. The molecule has 3 amide bonds. The van der Waals surface area contributed by atoms with Crippen molar-refractivity contribution < 1.29 is 19.1 Å². The third kappa shape index (κ3) is 6.28. The summed E-state index contributed by atoms with van der Waals surface area (Å²) in [6, 6.07) is 23.8. The number of benzene rings is 4. The number of nitrogens with zero attached hydrogens (tertiary/aromatic N) is 1. The Morgan fingerprint density at radius 3 is 2.56 bits per heavy atom. The number of halogens is 2. The summed E-state index contributed by atoms with van der Waals surface area (Å²) in [6.45, 7) is 1.75. The van der Waals surface area contributed by atoms with E-state index >= 15 is 0 Å². The van der Waals surface area contributed by atoms with Crippen molar-refractivity contribution in [3.8, 4) is 5.75 Å². The van der Waals surface area contributed by atoms with Gasteiger partial charge < -0.3 is 10.1 Å². The molecular weight excluding hydrogens is 555 g/mol. The first-order valence-corrected chi connectivity index (χ1v) is 13.6. The average Bonchev–Trinajstić information content (AvgIpc) is 3.17. The van der Waals surface area contributed by atoms with E-state index in [2.05, 4.69) is 5.32 Å². The molecule has 1 aliphatic heterocycles. The zero-order valence-electron chi connectivity index (χ0n) is 20.7. The van der Waals surface area contributed by atoms with Gasteiger partial charge in [0.1, 0.15) is 5.75 Å². The van der Waals surface area contributed by atoms with Crippen molar-refractivity contribution in [1.82, 2.24) is 4.90 Å². The van der Waals surface area contributed by atoms with Crippen molar-refractivity contribution in [2.45, 2.75) is 13.5 Å². The summed E-state index contributed by atoms with van der Waals surface area (Å²) >= 11 is 13.2. The summed E-state index contributed by atoms with van der Waals surface area (Å²) in [7, 11) is 0. The largest absolute Gasteiger partial charge is 0.483 e. The number of ether oxygens (including phenoxy) is 1. The molecule has 6 nitrogen and oxygen atoms in total. The summed E-state index contributed by atoms with van der Waals surface area (Å²) in [5, 5.41) is 5.46. The minimum atomic E-state index is -0.405. The number of hydrogen-bond acceptors (Lipinski definition) is 5. The maximum Gasteiger partial charge on any atom is 0.293 e. The first-order chi connectivity index (χ1) is 18.8. The van der Waals surface area contributed by atoms with Crippen LogP contribution in [0, 0.1) is 6.92 Å². The fraction of sp³-hybridized carbons (Fsp3) is 0.100. The van der Waals surface area contributed by atoms with Gasteiger partial charge in [-0.15, -0.1) is 0 Å². The number of hydrogen-bond donors (Lipinski definition) is 1. The molecule has 0 radical (unpaired) electrons. The van der Waals surface area contributed by atoms with E-state index in [0.717, 1.165) is 33.7 Å². The Balaban J connectivity index is 1.30. The molecule has 1 N–H and O–H groups in total. The molecule has 0 aromatic heterocycles. The van der Waals surface area contributed by atoms with Gasteiger partial charge in [0.25, 0.3) is 17.1 Å². The molecule has 0 unspecified atom stereocenters. The molecule has 4 aromatic rings. The average molecular weight is 577 g/mol. The minimum absolute atomic E-state index is 0.162. The van der Waals surface area contributed by atoms with Gasteiger partial charge in [0, 0.05) is 21.3 Å². The normalized spacial score (nSPS) is 14.3. The van der Waals surface area contributed by atoms with E-state index in [1.54, 1.807) is 36.4 Å². The second-order valence-electron chi connectivity index (χ2n) is 8.93. The van der Waals surface area contributed by atoms with Gasteiger partial charge in [-0.2, -0.15) is 0 Å². The van der Waals surface area contributed by atoms with Crippen LogP contribution in [0.25, 0.3) is 16.8 Å². The van der Waals surface area contributed by atoms with Gasteiger partial charge >= 0.3 is 0 Å². The molecule has 5 rings (SSSR count). The lowest BCUT2D eigenvalue weighted by molar-refractivity contribution is -0.123. The van der Waals surface area contributed by atoms with E-state index in [1.165, 1.54) is 4.90 Å². The minimum Gasteiger partial charge on any atom is -0.483 e. The van der Waals surface area contributed by atoms with Crippen molar-refractivity contribution in [1.29, 1.82) is 0 Å². The van der Waals surface area contributed by atoms with E-state index in [1.807, 2.05) is 55.5 Å². The maximum absolute atomic E-state index is 13.2. The quantitative estimate of drug-likeness (QED) is 0.228. The molecule has 1 saturated heterocycles. The molecule has 0 saturated carbocycles. The molecule has 1 aliphatic rings. The number of anilines is 1. The number of thioether (sulfide) groups is 1. The third-order valence-corrected chi connectivity index (χ3v) is 7.65. The molecular formula is C30H22Cl2N2O4S. The highest BCUT2D eigenvalue weighted by molar-refractivity contribution is 8.18. The van der Waals surface area contributed by atoms with Crippen LogP contribution in [0.4, 0.5) is 10.5 Å². The summed E-state index contributed by atoms with van der Waals surface area (Å²) in [5.74, 6) is -0.442. The summed E-state index contributed by atoms with van der Waals surface area (Å²) < 4.78 is 5.75. The van der Waals surface area contributed by atoms with Crippen molar-refractivity contribution >= 4 is 74.6 Å². The lowest BCUT2D eigenvalue weighted by Gasteiger charge is -2.13. The Morgan fingerprint density at radius 2 is 1.77 bits per heavy atom. The zero-order chi connectivity index (χ0) is 27.5. The smallest absolute Gasteiger partial charge is 0.293 e. The number of rotatable bonds is 7. The monoisotopic (exact) mass is 576 g/mol. The van der Waals surface area contributed by atoms with Gasteiger partial charge in [-0.1, -0.05) is 65.7 Å². The van der Waals surface area contributed by atoms with E-state index in [4.69, 9.17) is 27.9 Å². The highest BCUT2D eigenvalue weighted by Crippen LogP contribution is 2.36. The fourth-order valence-corrected chi connectivity index (χ4v) is 5.26. The lowest BCUT2D eigenvalue weighted by atomic mass is 10.1. The van der Waals surface area contributed by atoms with Crippen molar-refractivity contribution in [3.05, 3.63) is 111 Å². The van der Waals surface area contributed by atoms with Crippen LogP contribution in [0.1, 0.15) is 16.7 Å². The Labute approximate surface area is 239 Å². The molecule has 1 heterocycles. The van der Waals surface area contributed by atoms with Gasteiger partial charge in [-0.3, -0.25) is 19.3 Å². The van der Waals surface area contributed by atoms with Crippen LogP contribution in [-0.2, 0) is 16.1 Å². The van der Waals surface area contributed by atoms with Crippen molar-refractivity contribution in [2.24, 2.45) is 0 Å². The van der Waals surface area contributed by atoms with Crippen LogP contribution in [0.3, 0.4) is 0 Å². The van der Waals surface area contributed by atoms with Gasteiger partial charge in [-0.25, -0.2) is 0 Å². The lowest BCUT2D eigenvalue weighted by Crippen LogP contribution is -2.27. The number of fused-ring (bicyclic) bond motifs is 1. The molecule has 9 heteroatoms. The topological polar surface area (TPSA) is 75.7 Å². The van der Waals surface area contributed by atoms with E-state index in [0.29, 0.717) is 27.0 Å². The van der Waals surface area contributed by atoms with E-state index in [9.17, 15) is 14.4 Å². The Hall–Kier alpha value is -3.78. The second-order valence-corrected chi connectivity index (χ2v) is 10.8. The Kier molecular flexibility index (Phi) is 7.93. The third-order valence-electron chi connectivity index (χ3n) is 6.10. The fourth-order valence-electron chi connectivity index (χ4n) is 4.07. The molecule has 39 heavy (non-hydrogen) atoms. The summed E-state index contributed by atoms with van der Waals surface area (Å²) in [6.07, 6.45) is 1.56. The number of imide groups is 1. The zero-order valence-corrected chi connectivity index (χ0v) is 23.1. The molecule has 1 fully saturated rings. The number of carbonyl (C=O) groups is 3. The molecule has 0 spiro atoms. The van der Waals surface area contributed by atoms with Crippen LogP contribution >= 0.6 is 35.0 Å². The standard InChI is InChI=1S/C30H22Cl2N2O4S/c1-18-6-10-24(15-25(18)32)33-28(35)17-38-26-11-9-23(31)13-22(26)14-27-29(36)34(30(37)39-27)16-19-7-8-20-4-2-3-5-21(20)12-19/h2-15H,16-17H2,1H3,(H,33,35)/b27-14-. The summed E-state index contributed by atoms with van der Waals surface area (Å²) in [5.41, 5.74) is 2.78. The predicted molar refractivity (Wildman–Crippen MR) is 157 cm³/mol. The molecule has 4 aromatic carbocycles. The SMILES string of the molecule is Cc1ccc(NC(=O)COc2ccc(Cl)cc2/C=C2\SC(=O)N(Cc3ccc4ccccc4c3)C2=O)cc1Cl. The maximum atomic E-state index is 13.2. The molecule has 0 atom stereocenters. The van der Waals surface area contributed by atoms with Crippen LogP contribution in [0.5, 0.6) is 5.75 Å². The van der Waals surface area contributed by atoms with Crippen LogP contribution in [0.2, 0.25) is 10.0 Å². The van der Waals surface area contributed by atoms with Crippen molar-refractivity contribution in [2.75, 3.05) is 11.9 Å². The van der Waals surface area contributed by atoms with Crippen LogP contribution in [0.15, 0.2) is 83.8 Å². The molecule has 0 bridgehead atoms. The van der Waals surface area contributed by atoms with E-state index < -0.39 is 5.91 Å². The second kappa shape index (κ2) is 11.5. The van der Waals surface area contributed by atoms with Crippen LogP contribution in [-0.4, -0.2) is 28.6 Å². The Morgan fingerprint density at radius 1 is 0.974 bits per heavy atom. The first-order valence-electron chi connectivity index (χ1n) is 12.0. The number of amides is 3. The van der Waals surface area contributed by atoms with Crippen LogP contribution < -0.4 is 10.1 Å². The number of aryl methyl sites for hydroxylation is 1. The molecule has 0 aliphatic carbocycles. The summed E-state index contributed by atoms with van der Waals surface area (Å²) in [4.78, 5) is 39.8. The first kappa shape index (κ1) is 26.8. The van der Waals surface area contributed by atoms with E-state index in [-0.39, 0.29) is 29.2 Å². The number of carbonyl (C=O) groups excluding carboxylic acids is 3. The number of nitrogens with one attached hydrogen (secondary N) is 1. The highest BCUT2D eigenvalue weighted by atomic mass is 35.5. The van der Waals surface area contributed by atoms with Gasteiger partial charge in [0.05, 0.1) is 11.4 Å². The highest BCUT2D eigenvalue weighted by Gasteiger charge is 2.35. The molecule has 196 valence electrons. The van der Waals surface area contributed by atoms with Gasteiger partial charge in [-0.05, 0) is 83.1 Å². The van der Waals surface area contributed by atoms with Crippen molar-refractivity contribution in [3.63, 3.8) is 0 Å². The van der Waals surface area contributed by atoms with Gasteiger partial charge in [0.2, 0.25) is 0 Å². The van der Waals surface area contributed by atoms with Gasteiger partial charge in [0.15, 0.2) is 6.61 Å². The Bertz CT molecular complexity index is 1650.